The third-order valence-corrected chi connectivity index (χ3v) is 4.78. The lowest BCUT2D eigenvalue weighted by molar-refractivity contribution is 0.108. The second-order valence-corrected chi connectivity index (χ2v) is 6.29. The van der Waals surface area contributed by atoms with Gasteiger partial charge in [0.15, 0.2) is 0 Å². The molecule has 0 saturated heterocycles. The second-order valence-electron chi connectivity index (χ2n) is 5.73. The van der Waals surface area contributed by atoms with Crippen LogP contribution in [0.2, 0.25) is 0 Å². The maximum Gasteiger partial charge on any atom is 0.252 e. The normalized spacial score (nSPS) is 20.8. The lowest BCUT2D eigenvalue weighted by Crippen LogP contribution is -2.31. The number of halogens is 2. The molecular formula is C17H12Cl2O4. The van der Waals surface area contributed by atoms with E-state index in [2.05, 4.69) is 0 Å². The summed E-state index contributed by atoms with van der Waals surface area (Å²) in [7, 11) is 0. The van der Waals surface area contributed by atoms with E-state index in [1.54, 1.807) is 18.2 Å². The van der Waals surface area contributed by atoms with Gasteiger partial charge in [-0.05, 0) is 47.5 Å². The minimum Gasteiger partial charge on any atom is -0.492 e. The van der Waals surface area contributed by atoms with E-state index in [9.17, 15) is 4.79 Å². The first-order valence-electron chi connectivity index (χ1n) is 7.11. The summed E-state index contributed by atoms with van der Waals surface area (Å²) in [6, 6.07) is 11.1. The van der Waals surface area contributed by atoms with Gasteiger partial charge in [0.05, 0.1) is 23.9 Å². The first-order chi connectivity index (χ1) is 11.1. The fourth-order valence-electron chi connectivity index (χ4n) is 3.28. The van der Waals surface area contributed by atoms with Crippen LogP contribution in [0, 0.1) is 0 Å². The van der Waals surface area contributed by atoms with Gasteiger partial charge in [-0.3, -0.25) is 9.08 Å². The molecule has 0 amide bonds. The Morgan fingerprint density at radius 2 is 1.74 bits per heavy atom. The fraction of sp³-hybridized carbons (Fsp3) is 0.235. The van der Waals surface area contributed by atoms with Gasteiger partial charge in [0.2, 0.25) is 0 Å². The van der Waals surface area contributed by atoms with Crippen LogP contribution in [0.3, 0.4) is 0 Å². The molecule has 2 aliphatic heterocycles. The number of benzene rings is 2. The highest BCUT2D eigenvalue weighted by molar-refractivity contribution is 6.67. The average molecular weight is 351 g/mol. The Bertz CT molecular complexity index is 801. The molecule has 0 fully saturated rings. The Morgan fingerprint density at radius 3 is 2.39 bits per heavy atom. The quantitative estimate of drug-likeness (QED) is 0.789. The zero-order chi connectivity index (χ0) is 16.0. The van der Waals surface area contributed by atoms with Gasteiger partial charge in [-0.2, -0.15) is 0 Å². The Morgan fingerprint density at radius 1 is 1.09 bits per heavy atom. The molecule has 0 saturated carbocycles. The van der Waals surface area contributed by atoms with Gasteiger partial charge >= 0.3 is 0 Å². The number of hydrogen-bond donors (Lipinski definition) is 0. The van der Waals surface area contributed by atoms with E-state index in [1.165, 1.54) is 0 Å². The number of carbonyl (C=O) groups excluding carboxylic acids is 1. The van der Waals surface area contributed by atoms with Crippen LogP contribution in [0.15, 0.2) is 36.4 Å². The lowest BCUT2D eigenvalue weighted by Gasteiger charge is -2.21. The topological polar surface area (TPSA) is 44.8 Å². The molecule has 4 nitrogen and oxygen atoms in total. The molecule has 23 heavy (non-hydrogen) atoms. The molecule has 4 rings (SSSR count). The number of rotatable bonds is 3. The van der Waals surface area contributed by atoms with Crippen LogP contribution >= 0.6 is 23.5 Å². The van der Waals surface area contributed by atoms with Gasteiger partial charge in [0.1, 0.15) is 24.7 Å². The predicted molar refractivity (Wildman–Crippen MR) is 85.5 cm³/mol. The van der Waals surface area contributed by atoms with Crippen LogP contribution in [0.1, 0.15) is 27.0 Å². The van der Waals surface area contributed by atoms with Gasteiger partial charge < -0.3 is 9.47 Å². The van der Waals surface area contributed by atoms with Crippen molar-refractivity contribution >= 4 is 28.7 Å². The molecule has 1 atom stereocenters. The van der Waals surface area contributed by atoms with Crippen LogP contribution in [-0.4, -0.2) is 18.5 Å². The standard InChI is InChI=1S/C17H12Cl2O4/c18-16(20)11-2-4-15-13(6-11)17(9-22-15)8-21-14-3-1-10(7-23-19)5-12(14)17/h1-6H,7-9H2. The Labute approximate surface area is 143 Å². The van der Waals surface area contributed by atoms with E-state index in [0.29, 0.717) is 25.4 Å². The maximum atomic E-state index is 11.5. The van der Waals surface area contributed by atoms with Gasteiger partial charge in [-0.25, -0.2) is 0 Å². The molecule has 2 aromatic carbocycles. The summed E-state index contributed by atoms with van der Waals surface area (Å²) in [5.41, 5.74) is 2.90. The Hall–Kier alpha value is -1.75. The maximum absolute atomic E-state index is 11.5. The SMILES string of the molecule is O=C(Cl)c1ccc2c(c1)C1(COc3ccc(COCl)cc31)CO2. The molecule has 2 aromatic rings. The molecule has 2 heterocycles. The van der Waals surface area contributed by atoms with Crippen LogP contribution in [0.25, 0.3) is 0 Å². The molecule has 0 aliphatic carbocycles. The highest BCUT2D eigenvalue weighted by atomic mass is 35.5. The van der Waals surface area contributed by atoms with Crippen LogP contribution < -0.4 is 9.47 Å². The van der Waals surface area contributed by atoms with E-state index < -0.39 is 10.7 Å². The minimum absolute atomic E-state index is 0.304. The monoisotopic (exact) mass is 350 g/mol. The van der Waals surface area contributed by atoms with Gasteiger partial charge in [0, 0.05) is 16.7 Å². The summed E-state index contributed by atoms with van der Waals surface area (Å²) in [5.74, 6) is 1.56. The van der Waals surface area contributed by atoms with Crippen molar-refractivity contribution in [2.75, 3.05) is 13.2 Å². The first-order valence-corrected chi connectivity index (χ1v) is 7.79. The molecular weight excluding hydrogens is 339 g/mol. The smallest absolute Gasteiger partial charge is 0.252 e. The molecule has 0 aromatic heterocycles. The van der Waals surface area contributed by atoms with E-state index in [-0.39, 0.29) is 0 Å². The second kappa shape index (κ2) is 5.41. The average Bonchev–Trinajstić information content (AvgIpc) is 3.11. The van der Waals surface area contributed by atoms with E-state index in [4.69, 9.17) is 37.2 Å². The fourth-order valence-corrected chi connectivity index (χ4v) is 3.53. The molecule has 0 N–H and O–H groups in total. The van der Waals surface area contributed by atoms with Crippen molar-refractivity contribution in [3.8, 4) is 11.5 Å². The van der Waals surface area contributed by atoms with Crippen molar-refractivity contribution in [1.82, 2.24) is 0 Å². The first kappa shape index (κ1) is 14.8. The third kappa shape index (κ3) is 2.21. The molecule has 2 aliphatic rings. The van der Waals surface area contributed by atoms with Crippen molar-refractivity contribution in [3.05, 3.63) is 58.7 Å². The van der Waals surface area contributed by atoms with E-state index in [0.717, 1.165) is 28.2 Å². The van der Waals surface area contributed by atoms with Crippen LogP contribution in [0.5, 0.6) is 11.5 Å². The van der Waals surface area contributed by atoms with E-state index >= 15 is 0 Å². The van der Waals surface area contributed by atoms with Crippen molar-refractivity contribution in [3.63, 3.8) is 0 Å². The van der Waals surface area contributed by atoms with Gasteiger partial charge in [-0.15, -0.1) is 0 Å². The molecule has 118 valence electrons. The molecule has 1 spiro atoms. The Balaban J connectivity index is 1.86. The summed E-state index contributed by atoms with van der Waals surface area (Å²) >= 11 is 11.0. The summed E-state index contributed by atoms with van der Waals surface area (Å²) in [6.07, 6.45) is 0. The van der Waals surface area contributed by atoms with E-state index in [1.807, 2.05) is 18.2 Å². The highest BCUT2D eigenvalue weighted by Crippen LogP contribution is 2.50. The third-order valence-electron chi connectivity index (χ3n) is 4.45. The molecule has 0 radical (unpaired) electrons. The Kier molecular flexibility index (Phi) is 3.48. The van der Waals surface area contributed by atoms with Gasteiger partial charge in [0.25, 0.3) is 5.24 Å². The van der Waals surface area contributed by atoms with Crippen molar-refractivity contribution in [1.29, 1.82) is 0 Å². The molecule has 0 bridgehead atoms. The van der Waals surface area contributed by atoms with Crippen molar-refractivity contribution < 1.29 is 18.6 Å². The number of ether oxygens (including phenoxy) is 2. The van der Waals surface area contributed by atoms with Crippen molar-refractivity contribution in [2.24, 2.45) is 0 Å². The number of carbonyl (C=O) groups is 1. The molecule has 1 unspecified atom stereocenters. The zero-order valence-corrected chi connectivity index (χ0v) is 13.5. The predicted octanol–water partition coefficient (Wildman–Crippen LogP) is 3.81. The van der Waals surface area contributed by atoms with Crippen molar-refractivity contribution in [2.45, 2.75) is 12.0 Å². The lowest BCUT2D eigenvalue weighted by atomic mass is 9.77. The van der Waals surface area contributed by atoms with Crippen LogP contribution in [-0.2, 0) is 16.3 Å². The summed E-state index contributed by atoms with van der Waals surface area (Å²) in [5, 5.41) is -0.488. The largest absolute Gasteiger partial charge is 0.492 e. The molecule has 6 heteroatoms. The number of hydrogen-bond acceptors (Lipinski definition) is 4. The summed E-state index contributed by atoms with van der Waals surface area (Å²) in [4.78, 5) is 11.5. The summed E-state index contributed by atoms with van der Waals surface area (Å²) < 4.78 is 16.4. The number of fused-ring (bicyclic) bond motifs is 4. The zero-order valence-electron chi connectivity index (χ0n) is 12.0. The minimum atomic E-state index is -0.488. The van der Waals surface area contributed by atoms with Crippen LogP contribution in [0.4, 0.5) is 0 Å². The van der Waals surface area contributed by atoms with Gasteiger partial charge in [-0.1, -0.05) is 6.07 Å². The summed E-state index contributed by atoms with van der Waals surface area (Å²) in [6.45, 7) is 1.22. The highest BCUT2D eigenvalue weighted by Gasteiger charge is 2.48.